The molecular weight excluding hydrogens is 236 g/mol. The molecule has 1 aromatic heterocycles. The van der Waals surface area contributed by atoms with Crippen LogP contribution in [0.4, 0.5) is 0 Å². The van der Waals surface area contributed by atoms with Crippen LogP contribution in [-0.2, 0) is 6.54 Å². The fraction of sp³-hybridized carbons (Fsp3) is 0.429. The molecule has 0 saturated heterocycles. The van der Waals surface area contributed by atoms with Crippen molar-refractivity contribution in [1.29, 1.82) is 0 Å². The van der Waals surface area contributed by atoms with Crippen LogP contribution in [0.5, 0.6) is 0 Å². The highest BCUT2D eigenvalue weighted by Gasteiger charge is 2.09. The summed E-state index contributed by atoms with van der Waals surface area (Å²) in [6.07, 6.45) is 0. The molecule has 0 aliphatic rings. The first-order valence-electron chi connectivity index (χ1n) is 3.72. The van der Waals surface area contributed by atoms with Gasteiger partial charge < -0.3 is 10.9 Å². The predicted molar refractivity (Wildman–Crippen MR) is 52.8 cm³/mol. The number of oxime groups is 1. The maximum atomic E-state index is 8.37. The van der Waals surface area contributed by atoms with Gasteiger partial charge >= 0.3 is 0 Å². The lowest BCUT2D eigenvalue weighted by molar-refractivity contribution is 0.316. The van der Waals surface area contributed by atoms with E-state index in [4.69, 9.17) is 10.9 Å². The molecule has 0 spiro atoms. The highest BCUT2D eigenvalue weighted by atomic mass is 79.9. The van der Waals surface area contributed by atoms with Crippen molar-refractivity contribution in [2.45, 2.75) is 20.4 Å². The molecule has 5 nitrogen and oxygen atoms in total. The van der Waals surface area contributed by atoms with E-state index in [2.05, 4.69) is 26.2 Å². The summed E-state index contributed by atoms with van der Waals surface area (Å²) < 4.78 is 2.63. The largest absolute Gasteiger partial charge is 0.409 e. The Labute approximate surface area is 84.3 Å². The van der Waals surface area contributed by atoms with Crippen LogP contribution >= 0.6 is 15.9 Å². The summed E-state index contributed by atoms with van der Waals surface area (Å²) in [5.74, 6) is 0.137. The van der Waals surface area contributed by atoms with E-state index in [-0.39, 0.29) is 5.84 Å². The maximum absolute atomic E-state index is 8.37. The van der Waals surface area contributed by atoms with Crippen molar-refractivity contribution >= 4 is 21.8 Å². The van der Waals surface area contributed by atoms with E-state index >= 15 is 0 Å². The zero-order chi connectivity index (χ0) is 10.0. The smallest absolute Gasteiger partial charge is 0.160 e. The van der Waals surface area contributed by atoms with Gasteiger partial charge in [0.25, 0.3) is 0 Å². The Morgan fingerprint density at radius 3 is 2.69 bits per heavy atom. The van der Waals surface area contributed by atoms with Gasteiger partial charge in [0.15, 0.2) is 5.84 Å². The normalized spacial score (nSPS) is 12.1. The van der Waals surface area contributed by atoms with E-state index in [0.717, 1.165) is 15.9 Å². The van der Waals surface area contributed by atoms with Gasteiger partial charge in [-0.15, -0.1) is 0 Å². The van der Waals surface area contributed by atoms with Gasteiger partial charge in [-0.3, -0.25) is 4.68 Å². The molecule has 13 heavy (non-hydrogen) atoms. The highest BCUT2D eigenvalue weighted by molar-refractivity contribution is 9.10. The predicted octanol–water partition coefficient (Wildman–Crippen LogP) is 1.01. The number of hydrogen-bond acceptors (Lipinski definition) is 3. The van der Waals surface area contributed by atoms with Gasteiger partial charge in [-0.25, -0.2) is 0 Å². The van der Waals surface area contributed by atoms with E-state index in [1.165, 1.54) is 0 Å². The third-order valence-corrected chi connectivity index (χ3v) is 2.88. The molecule has 72 valence electrons. The summed E-state index contributed by atoms with van der Waals surface area (Å²) in [5.41, 5.74) is 7.21. The van der Waals surface area contributed by atoms with Gasteiger partial charge in [0.1, 0.15) is 6.54 Å². The molecule has 0 bridgehead atoms. The standard InChI is InChI=1S/C7H11BrN4O/c1-4-7(8)5(2)12(10-4)3-6(9)11-13/h13H,3H2,1-2H3,(H2,9,11). The summed E-state index contributed by atoms with van der Waals surface area (Å²) in [4.78, 5) is 0. The molecule has 0 amide bonds. The minimum Gasteiger partial charge on any atom is -0.409 e. The monoisotopic (exact) mass is 246 g/mol. The number of hydrogen-bond donors (Lipinski definition) is 2. The Kier molecular flexibility index (Phi) is 2.92. The summed E-state index contributed by atoms with van der Waals surface area (Å²) in [5, 5.41) is 15.5. The molecule has 0 radical (unpaired) electrons. The van der Waals surface area contributed by atoms with Gasteiger partial charge in [-0.1, -0.05) is 5.16 Å². The first-order valence-corrected chi connectivity index (χ1v) is 4.51. The third-order valence-electron chi connectivity index (χ3n) is 1.73. The van der Waals surface area contributed by atoms with Crippen LogP contribution in [-0.4, -0.2) is 20.8 Å². The number of aryl methyl sites for hydroxylation is 1. The van der Waals surface area contributed by atoms with Gasteiger partial charge in [0.05, 0.1) is 15.9 Å². The molecule has 1 rings (SSSR count). The van der Waals surface area contributed by atoms with Crippen LogP contribution < -0.4 is 5.73 Å². The third kappa shape index (κ3) is 2.00. The van der Waals surface area contributed by atoms with E-state index < -0.39 is 0 Å². The molecule has 0 aromatic carbocycles. The van der Waals surface area contributed by atoms with Gasteiger partial charge in [0, 0.05) is 0 Å². The zero-order valence-corrected chi connectivity index (χ0v) is 9.04. The Balaban J connectivity index is 2.96. The van der Waals surface area contributed by atoms with Crippen molar-refractivity contribution in [2.75, 3.05) is 0 Å². The van der Waals surface area contributed by atoms with E-state index in [1.807, 2.05) is 13.8 Å². The second-order valence-corrected chi connectivity index (χ2v) is 3.53. The van der Waals surface area contributed by atoms with Gasteiger partial charge in [-0.2, -0.15) is 5.10 Å². The van der Waals surface area contributed by atoms with Crippen LogP contribution in [0.2, 0.25) is 0 Å². The fourth-order valence-electron chi connectivity index (χ4n) is 1.01. The summed E-state index contributed by atoms with van der Waals surface area (Å²) in [6, 6.07) is 0. The lowest BCUT2D eigenvalue weighted by atomic mass is 10.4. The number of rotatable bonds is 2. The highest BCUT2D eigenvalue weighted by Crippen LogP contribution is 2.19. The van der Waals surface area contributed by atoms with E-state index in [1.54, 1.807) is 4.68 Å². The molecule has 6 heteroatoms. The SMILES string of the molecule is Cc1nn(C/C(N)=N/O)c(C)c1Br. The van der Waals surface area contributed by atoms with Crippen LogP contribution in [0.25, 0.3) is 0 Å². The molecule has 0 atom stereocenters. The molecule has 3 N–H and O–H groups in total. The van der Waals surface area contributed by atoms with Gasteiger partial charge in [0.2, 0.25) is 0 Å². The lowest BCUT2D eigenvalue weighted by Crippen LogP contribution is -2.20. The van der Waals surface area contributed by atoms with Crippen LogP contribution in [0, 0.1) is 13.8 Å². The molecule has 0 unspecified atom stereocenters. The van der Waals surface area contributed by atoms with Crippen LogP contribution in [0.3, 0.4) is 0 Å². The number of amidine groups is 1. The lowest BCUT2D eigenvalue weighted by Gasteiger charge is -2.01. The van der Waals surface area contributed by atoms with Crippen molar-refractivity contribution in [3.8, 4) is 0 Å². The van der Waals surface area contributed by atoms with Crippen molar-refractivity contribution in [1.82, 2.24) is 9.78 Å². The Morgan fingerprint density at radius 1 is 1.69 bits per heavy atom. The fourth-order valence-corrected chi connectivity index (χ4v) is 1.30. The Bertz CT molecular complexity index is 345. The molecule has 1 aromatic rings. The van der Waals surface area contributed by atoms with Crippen molar-refractivity contribution in [2.24, 2.45) is 10.9 Å². The average Bonchev–Trinajstić information content (AvgIpc) is 2.34. The second kappa shape index (κ2) is 3.78. The Morgan fingerprint density at radius 2 is 2.31 bits per heavy atom. The topological polar surface area (TPSA) is 76.4 Å². The van der Waals surface area contributed by atoms with Gasteiger partial charge in [-0.05, 0) is 29.8 Å². The molecule has 0 fully saturated rings. The number of aromatic nitrogens is 2. The molecule has 1 heterocycles. The Hall–Kier alpha value is -1.04. The quantitative estimate of drug-likeness (QED) is 0.354. The number of nitrogens with zero attached hydrogens (tertiary/aromatic N) is 3. The molecule has 0 saturated carbocycles. The minimum atomic E-state index is 0.137. The van der Waals surface area contributed by atoms with Crippen LogP contribution in [0.15, 0.2) is 9.63 Å². The van der Waals surface area contributed by atoms with E-state index in [9.17, 15) is 0 Å². The minimum absolute atomic E-state index is 0.137. The maximum Gasteiger partial charge on any atom is 0.160 e. The van der Waals surface area contributed by atoms with Crippen molar-refractivity contribution in [3.63, 3.8) is 0 Å². The van der Waals surface area contributed by atoms with Crippen molar-refractivity contribution < 1.29 is 5.21 Å². The van der Waals surface area contributed by atoms with E-state index in [0.29, 0.717) is 6.54 Å². The zero-order valence-electron chi connectivity index (χ0n) is 7.45. The molecule has 0 aliphatic carbocycles. The summed E-state index contributed by atoms with van der Waals surface area (Å²) >= 11 is 3.39. The van der Waals surface area contributed by atoms with Crippen LogP contribution in [0.1, 0.15) is 11.4 Å². The molecule has 0 aliphatic heterocycles. The first-order chi connectivity index (χ1) is 6.06. The first kappa shape index (κ1) is 10.0. The number of halogens is 1. The van der Waals surface area contributed by atoms with Crippen molar-refractivity contribution in [3.05, 3.63) is 15.9 Å². The summed E-state index contributed by atoms with van der Waals surface area (Å²) in [6.45, 7) is 4.10. The average molecular weight is 247 g/mol. The molecular formula is C7H11BrN4O. The summed E-state index contributed by atoms with van der Waals surface area (Å²) in [7, 11) is 0. The second-order valence-electron chi connectivity index (χ2n) is 2.73. The number of nitrogens with two attached hydrogens (primary N) is 1.